The fourth-order valence-electron chi connectivity index (χ4n) is 2.43. The van der Waals surface area contributed by atoms with Crippen LogP contribution in [0.15, 0.2) is 22.7 Å². The Kier molecular flexibility index (Phi) is 5.37. The second-order valence-corrected chi connectivity index (χ2v) is 8.21. The molecule has 126 valence electrons. The minimum absolute atomic E-state index is 0.0936. The Hall–Kier alpha value is -1.52. The molecule has 1 aromatic rings. The van der Waals surface area contributed by atoms with E-state index in [0.717, 1.165) is 6.26 Å². The number of benzene rings is 1. The third-order valence-electron chi connectivity index (χ3n) is 3.64. The van der Waals surface area contributed by atoms with Crippen LogP contribution < -0.4 is 5.32 Å². The van der Waals surface area contributed by atoms with Crippen molar-refractivity contribution in [3.63, 3.8) is 0 Å². The quantitative estimate of drug-likeness (QED) is 0.607. The molecule has 0 spiro atoms. The van der Waals surface area contributed by atoms with Crippen LogP contribution in [0.3, 0.4) is 0 Å². The van der Waals surface area contributed by atoms with Crippen LogP contribution in [0.2, 0.25) is 0 Å². The van der Waals surface area contributed by atoms with Crippen molar-refractivity contribution < 1.29 is 18.1 Å². The number of carbonyl (C=O) groups is 1. The van der Waals surface area contributed by atoms with E-state index < -0.39 is 20.9 Å². The third kappa shape index (κ3) is 4.49. The van der Waals surface area contributed by atoms with Crippen LogP contribution >= 0.6 is 15.9 Å². The lowest BCUT2D eigenvalue weighted by Gasteiger charge is -2.30. The summed E-state index contributed by atoms with van der Waals surface area (Å²) in [5, 5.41) is 13.4. The molecular formula is C13H16BrN3O5S. The Labute approximate surface area is 142 Å². The zero-order valence-electron chi connectivity index (χ0n) is 12.4. The van der Waals surface area contributed by atoms with Crippen molar-refractivity contribution in [3.8, 4) is 0 Å². The van der Waals surface area contributed by atoms with E-state index in [9.17, 15) is 23.3 Å². The summed E-state index contributed by atoms with van der Waals surface area (Å²) in [6.45, 7) is 0.574. The zero-order valence-corrected chi connectivity index (χ0v) is 14.8. The van der Waals surface area contributed by atoms with Crippen LogP contribution in [0.25, 0.3) is 0 Å². The monoisotopic (exact) mass is 405 g/mol. The molecule has 8 nitrogen and oxygen atoms in total. The maximum atomic E-state index is 12.3. The number of piperidine rings is 1. The van der Waals surface area contributed by atoms with Gasteiger partial charge in [0.05, 0.1) is 21.6 Å². The predicted molar refractivity (Wildman–Crippen MR) is 88.6 cm³/mol. The lowest BCUT2D eigenvalue weighted by Crippen LogP contribution is -2.43. The first-order valence-electron chi connectivity index (χ1n) is 6.88. The van der Waals surface area contributed by atoms with E-state index in [0.29, 0.717) is 25.1 Å². The second-order valence-electron chi connectivity index (χ2n) is 5.37. The lowest BCUT2D eigenvalue weighted by atomic mass is 9.98. The topological polar surface area (TPSA) is 110 Å². The van der Waals surface area contributed by atoms with Gasteiger partial charge in [0, 0.05) is 24.8 Å². The molecule has 0 radical (unpaired) electrons. The number of halogens is 1. The van der Waals surface area contributed by atoms with E-state index in [1.807, 2.05) is 0 Å². The molecule has 1 aliphatic rings. The molecule has 1 atom stereocenters. The van der Waals surface area contributed by atoms with Crippen LogP contribution in [0, 0.1) is 16.0 Å². The number of sulfonamides is 1. The highest BCUT2D eigenvalue weighted by atomic mass is 79.9. The van der Waals surface area contributed by atoms with E-state index in [2.05, 4.69) is 21.2 Å². The van der Waals surface area contributed by atoms with Gasteiger partial charge in [0.2, 0.25) is 15.9 Å². The van der Waals surface area contributed by atoms with Gasteiger partial charge < -0.3 is 5.32 Å². The summed E-state index contributed by atoms with van der Waals surface area (Å²) >= 11 is 3.09. The van der Waals surface area contributed by atoms with Crippen LogP contribution in [-0.4, -0.2) is 42.9 Å². The Balaban J connectivity index is 2.07. The SMILES string of the molecule is CS(=O)(=O)N1CCC[C@@H](C(=O)Nc2ccc([N+](=O)[O-])c(Br)c2)C1. The number of rotatable bonds is 4. The minimum atomic E-state index is -3.32. The molecule has 0 aromatic heterocycles. The van der Waals surface area contributed by atoms with E-state index in [4.69, 9.17) is 0 Å². The van der Waals surface area contributed by atoms with Crippen LogP contribution in [-0.2, 0) is 14.8 Å². The predicted octanol–water partition coefficient (Wildman–Crippen LogP) is 1.97. The van der Waals surface area contributed by atoms with Crippen molar-refractivity contribution in [2.45, 2.75) is 12.8 Å². The zero-order chi connectivity index (χ0) is 17.2. The first-order chi connectivity index (χ1) is 10.7. The third-order valence-corrected chi connectivity index (χ3v) is 5.54. The van der Waals surface area contributed by atoms with Crippen LogP contribution in [0.5, 0.6) is 0 Å². The Morgan fingerprint density at radius 3 is 2.74 bits per heavy atom. The van der Waals surface area contributed by atoms with Gasteiger partial charge in [0.25, 0.3) is 5.69 Å². The number of nitrogens with one attached hydrogen (secondary N) is 1. The Morgan fingerprint density at radius 2 is 2.17 bits per heavy atom. The second kappa shape index (κ2) is 6.93. The van der Waals surface area contributed by atoms with Crippen molar-refractivity contribution >= 4 is 43.2 Å². The van der Waals surface area contributed by atoms with Gasteiger partial charge in [0.15, 0.2) is 0 Å². The molecule has 1 aromatic carbocycles. The van der Waals surface area contributed by atoms with Crippen LogP contribution in [0.1, 0.15) is 12.8 Å². The van der Waals surface area contributed by atoms with E-state index in [1.54, 1.807) is 0 Å². The molecule has 2 rings (SSSR count). The highest BCUT2D eigenvalue weighted by Gasteiger charge is 2.30. The van der Waals surface area contributed by atoms with Crippen molar-refractivity contribution in [1.29, 1.82) is 0 Å². The smallest absolute Gasteiger partial charge is 0.283 e. The molecule has 10 heteroatoms. The molecule has 1 fully saturated rings. The van der Waals surface area contributed by atoms with E-state index >= 15 is 0 Å². The number of nitro groups is 1. The molecule has 0 saturated carbocycles. The molecule has 1 aliphatic heterocycles. The molecule has 23 heavy (non-hydrogen) atoms. The number of anilines is 1. The van der Waals surface area contributed by atoms with Crippen molar-refractivity contribution in [2.24, 2.45) is 5.92 Å². The maximum absolute atomic E-state index is 12.3. The molecule has 1 saturated heterocycles. The fraction of sp³-hybridized carbons (Fsp3) is 0.462. The summed E-state index contributed by atoms with van der Waals surface area (Å²) in [4.78, 5) is 22.5. The molecule has 0 aliphatic carbocycles. The summed E-state index contributed by atoms with van der Waals surface area (Å²) in [5.41, 5.74) is 0.327. The van der Waals surface area contributed by atoms with Crippen molar-refractivity contribution in [2.75, 3.05) is 24.7 Å². The molecule has 0 unspecified atom stereocenters. The van der Waals surface area contributed by atoms with Gasteiger partial charge in [-0.15, -0.1) is 0 Å². The number of nitro benzene ring substituents is 1. The number of hydrogen-bond donors (Lipinski definition) is 1. The maximum Gasteiger partial charge on any atom is 0.283 e. The average Bonchev–Trinajstić information content (AvgIpc) is 2.46. The first-order valence-corrected chi connectivity index (χ1v) is 9.52. The average molecular weight is 406 g/mol. The summed E-state index contributed by atoms with van der Waals surface area (Å²) in [5.74, 6) is -0.730. The number of amides is 1. The highest BCUT2D eigenvalue weighted by molar-refractivity contribution is 9.10. The molecule has 1 N–H and O–H groups in total. The molecule has 1 amide bonds. The van der Waals surface area contributed by atoms with Crippen molar-refractivity contribution in [3.05, 3.63) is 32.8 Å². The van der Waals surface area contributed by atoms with Crippen LogP contribution in [0.4, 0.5) is 11.4 Å². The van der Waals surface area contributed by atoms with Gasteiger partial charge in [-0.1, -0.05) is 0 Å². The number of nitrogens with zero attached hydrogens (tertiary/aromatic N) is 2. The molecular weight excluding hydrogens is 390 g/mol. The Bertz CT molecular complexity index is 737. The Morgan fingerprint density at radius 1 is 1.48 bits per heavy atom. The van der Waals surface area contributed by atoms with Crippen molar-refractivity contribution in [1.82, 2.24) is 4.31 Å². The summed E-state index contributed by atoms with van der Waals surface area (Å²) < 4.78 is 24.7. The van der Waals surface area contributed by atoms with E-state index in [-0.39, 0.29) is 22.6 Å². The van der Waals surface area contributed by atoms with Gasteiger partial charge in [-0.05, 0) is 40.9 Å². The van der Waals surface area contributed by atoms with Gasteiger partial charge >= 0.3 is 0 Å². The summed E-state index contributed by atoms with van der Waals surface area (Å²) in [6, 6.07) is 4.19. The fourth-order valence-corrected chi connectivity index (χ4v) is 3.87. The standard InChI is InChI=1S/C13H16BrN3O5S/c1-23(21,22)16-6-2-3-9(8-16)13(18)15-10-4-5-12(17(19)20)11(14)7-10/h4-5,7,9H,2-3,6,8H2,1H3,(H,15,18)/t9-/m1/s1. The van der Waals surface area contributed by atoms with Gasteiger partial charge in [-0.2, -0.15) is 0 Å². The lowest BCUT2D eigenvalue weighted by molar-refractivity contribution is -0.385. The molecule has 1 heterocycles. The largest absolute Gasteiger partial charge is 0.326 e. The number of carbonyl (C=O) groups excluding carboxylic acids is 1. The van der Waals surface area contributed by atoms with Gasteiger partial charge in [0.1, 0.15) is 0 Å². The van der Waals surface area contributed by atoms with E-state index in [1.165, 1.54) is 22.5 Å². The summed E-state index contributed by atoms with van der Waals surface area (Å²) in [7, 11) is -3.32. The highest BCUT2D eigenvalue weighted by Crippen LogP contribution is 2.28. The van der Waals surface area contributed by atoms with Gasteiger partial charge in [-0.25, -0.2) is 12.7 Å². The number of hydrogen-bond acceptors (Lipinski definition) is 5. The first kappa shape index (κ1) is 17.8. The van der Waals surface area contributed by atoms with Gasteiger partial charge in [-0.3, -0.25) is 14.9 Å². The normalized spacial score (nSPS) is 19.3. The summed E-state index contributed by atoms with van der Waals surface area (Å²) in [6.07, 6.45) is 2.35. The minimum Gasteiger partial charge on any atom is -0.326 e. The molecule has 0 bridgehead atoms.